The van der Waals surface area contributed by atoms with Crippen LogP contribution in [0.1, 0.15) is 0 Å². The Morgan fingerprint density at radius 3 is 2.88 bits per heavy atom. The van der Waals surface area contributed by atoms with E-state index < -0.39 is 5.82 Å². The third kappa shape index (κ3) is 2.47. The van der Waals surface area contributed by atoms with Crippen molar-refractivity contribution < 1.29 is 4.39 Å². The lowest BCUT2D eigenvalue weighted by Crippen LogP contribution is -2.21. The summed E-state index contributed by atoms with van der Waals surface area (Å²) in [7, 11) is 0. The second-order valence-corrected chi connectivity index (χ2v) is 5.52. The highest BCUT2D eigenvalue weighted by atomic mass is 79.9. The number of allylic oxidation sites excluding steroid dienone is 1. The van der Waals surface area contributed by atoms with Crippen LogP contribution in [0.25, 0.3) is 10.9 Å². The van der Waals surface area contributed by atoms with Gasteiger partial charge in [0.05, 0.1) is 18.3 Å². The molecule has 88 valence electrons. The third-order valence-corrected chi connectivity index (χ3v) is 2.90. The summed E-state index contributed by atoms with van der Waals surface area (Å²) < 4.78 is 16.1. The Bertz CT molecular complexity index is 666. The predicted molar refractivity (Wildman–Crippen MR) is 71.7 cm³/mol. The molecule has 2 rings (SSSR count). The lowest BCUT2D eigenvalue weighted by molar-refractivity contribution is 0.633. The van der Waals surface area contributed by atoms with Gasteiger partial charge >= 0.3 is 0 Å². The van der Waals surface area contributed by atoms with E-state index in [-0.39, 0.29) is 16.5 Å². The predicted octanol–water partition coefficient (Wildman–Crippen LogP) is 3.21. The van der Waals surface area contributed by atoms with Gasteiger partial charge in [0.25, 0.3) is 5.56 Å². The Labute approximate surface area is 113 Å². The molecule has 0 saturated carbocycles. The molecule has 17 heavy (non-hydrogen) atoms. The minimum Gasteiger partial charge on any atom is -0.294 e. The van der Waals surface area contributed by atoms with Crippen LogP contribution in [0.15, 0.2) is 38.8 Å². The number of rotatable bonds is 2. The molecule has 0 atom stereocenters. The molecule has 0 spiro atoms. The van der Waals surface area contributed by atoms with E-state index in [1.165, 1.54) is 17.0 Å². The maximum absolute atomic E-state index is 13.6. The van der Waals surface area contributed by atoms with Gasteiger partial charge in [0, 0.05) is 8.96 Å². The number of fused-ring (bicyclic) bond motifs is 1. The Morgan fingerprint density at radius 1 is 1.53 bits per heavy atom. The normalized spacial score (nSPS) is 10.8. The summed E-state index contributed by atoms with van der Waals surface area (Å²) in [5.74, 6) is -0.517. The fraction of sp³-hybridized carbons (Fsp3) is 0.0909. The standard InChI is InChI=1S/C11H7Br2FN2O/c1-6(12)4-16-5-15-10-8(11(16)17)2-7(13)3-9(10)14/h2-3,5H,1,4H2. The Balaban J connectivity index is 2.75. The fourth-order valence-corrected chi connectivity index (χ4v) is 2.19. The van der Waals surface area contributed by atoms with Gasteiger partial charge in [-0.15, -0.1) is 0 Å². The van der Waals surface area contributed by atoms with E-state index in [1.54, 1.807) is 6.07 Å². The van der Waals surface area contributed by atoms with E-state index in [9.17, 15) is 9.18 Å². The highest BCUT2D eigenvalue weighted by molar-refractivity contribution is 9.11. The van der Waals surface area contributed by atoms with Gasteiger partial charge in [-0.25, -0.2) is 9.37 Å². The summed E-state index contributed by atoms with van der Waals surface area (Å²) in [6, 6.07) is 2.84. The maximum Gasteiger partial charge on any atom is 0.261 e. The van der Waals surface area contributed by atoms with E-state index in [0.717, 1.165) is 0 Å². The zero-order valence-electron chi connectivity index (χ0n) is 8.58. The molecule has 0 aliphatic rings. The summed E-state index contributed by atoms with van der Waals surface area (Å²) in [4.78, 5) is 16.0. The molecular formula is C11H7Br2FN2O. The van der Waals surface area contributed by atoms with Crippen molar-refractivity contribution >= 4 is 42.8 Å². The zero-order chi connectivity index (χ0) is 12.6. The van der Waals surface area contributed by atoms with Crippen molar-refractivity contribution in [2.24, 2.45) is 0 Å². The molecule has 3 nitrogen and oxygen atoms in total. The van der Waals surface area contributed by atoms with Crippen LogP contribution in [0.4, 0.5) is 4.39 Å². The number of aromatic nitrogens is 2. The molecule has 0 amide bonds. The maximum atomic E-state index is 13.6. The van der Waals surface area contributed by atoms with Crippen LogP contribution >= 0.6 is 31.9 Å². The van der Waals surface area contributed by atoms with Crippen molar-refractivity contribution in [3.8, 4) is 0 Å². The second-order valence-electron chi connectivity index (χ2n) is 3.48. The molecular weight excluding hydrogens is 355 g/mol. The molecule has 0 fully saturated rings. The van der Waals surface area contributed by atoms with Crippen LogP contribution in [0.5, 0.6) is 0 Å². The van der Waals surface area contributed by atoms with Gasteiger partial charge in [0.15, 0.2) is 5.82 Å². The summed E-state index contributed by atoms with van der Waals surface area (Å²) >= 11 is 6.32. The van der Waals surface area contributed by atoms with Gasteiger partial charge in [-0.2, -0.15) is 0 Å². The minimum atomic E-state index is -0.517. The first-order valence-electron chi connectivity index (χ1n) is 4.66. The molecule has 0 aliphatic heterocycles. The average molecular weight is 362 g/mol. The third-order valence-electron chi connectivity index (χ3n) is 2.19. The highest BCUT2D eigenvalue weighted by Gasteiger charge is 2.09. The van der Waals surface area contributed by atoms with Gasteiger partial charge in [-0.3, -0.25) is 9.36 Å². The van der Waals surface area contributed by atoms with Gasteiger partial charge in [0.2, 0.25) is 0 Å². The topological polar surface area (TPSA) is 34.9 Å². The van der Waals surface area contributed by atoms with Crippen LogP contribution < -0.4 is 5.56 Å². The summed E-state index contributed by atoms with van der Waals surface area (Å²) in [6.07, 6.45) is 1.31. The molecule has 1 aromatic heterocycles. The molecule has 1 heterocycles. The summed E-state index contributed by atoms with van der Waals surface area (Å²) in [6.45, 7) is 3.95. The second kappa shape index (κ2) is 4.70. The molecule has 0 radical (unpaired) electrons. The van der Waals surface area contributed by atoms with Crippen molar-refractivity contribution in [2.75, 3.05) is 0 Å². The van der Waals surface area contributed by atoms with E-state index in [2.05, 4.69) is 43.4 Å². The van der Waals surface area contributed by atoms with Crippen LogP contribution in [0, 0.1) is 5.82 Å². The van der Waals surface area contributed by atoms with Crippen molar-refractivity contribution in [3.63, 3.8) is 0 Å². The van der Waals surface area contributed by atoms with Gasteiger partial charge in [0.1, 0.15) is 5.52 Å². The lowest BCUT2D eigenvalue weighted by Gasteiger charge is -2.06. The highest BCUT2D eigenvalue weighted by Crippen LogP contribution is 2.19. The number of nitrogens with zero attached hydrogens (tertiary/aromatic N) is 2. The Kier molecular flexibility index (Phi) is 3.44. The quantitative estimate of drug-likeness (QED) is 0.823. The summed E-state index contributed by atoms with van der Waals surface area (Å²) in [5, 5.41) is 0.244. The zero-order valence-corrected chi connectivity index (χ0v) is 11.8. The smallest absolute Gasteiger partial charge is 0.261 e. The van der Waals surface area contributed by atoms with Crippen LogP contribution in [0.3, 0.4) is 0 Å². The van der Waals surface area contributed by atoms with Crippen molar-refractivity contribution in [1.82, 2.24) is 9.55 Å². The SMILES string of the molecule is C=C(Br)Cn1cnc2c(F)cc(Br)cc2c1=O. The van der Waals surface area contributed by atoms with E-state index >= 15 is 0 Å². The lowest BCUT2D eigenvalue weighted by atomic mass is 10.2. The monoisotopic (exact) mass is 360 g/mol. The Hall–Kier alpha value is -1.01. The Morgan fingerprint density at radius 2 is 2.24 bits per heavy atom. The average Bonchev–Trinajstić information content (AvgIpc) is 2.22. The molecule has 0 aliphatic carbocycles. The van der Waals surface area contributed by atoms with Crippen molar-refractivity contribution in [3.05, 3.63) is 50.2 Å². The van der Waals surface area contributed by atoms with Crippen molar-refractivity contribution in [2.45, 2.75) is 6.54 Å². The number of benzene rings is 1. The molecule has 0 unspecified atom stereocenters. The minimum absolute atomic E-state index is 0.0784. The first kappa shape index (κ1) is 12.4. The molecule has 6 heteroatoms. The largest absolute Gasteiger partial charge is 0.294 e. The number of halogens is 3. The molecule has 0 N–H and O–H groups in total. The van der Waals surface area contributed by atoms with Gasteiger partial charge in [-0.05, 0) is 12.1 Å². The number of hydrogen-bond donors (Lipinski definition) is 0. The molecule has 0 saturated heterocycles. The fourth-order valence-electron chi connectivity index (χ4n) is 1.49. The first-order chi connectivity index (χ1) is 7.99. The van der Waals surface area contributed by atoms with Crippen molar-refractivity contribution in [1.29, 1.82) is 0 Å². The van der Waals surface area contributed by atoms with Crippen LogP contribution in [0.2, 0.25) is 0 Å². The van der Waals surface area contributed by atoms with E-state index in [0.29, 0.717) is 15.5 Å². The molecule has 1 aromatic carbocycles. The van der Waals surface area contributed by atoms with E-state index in [4.69, 9.17) is 0 Å². The van der Waals surface area contributed by atoms with Crippen LogP contribution in [-0.4, -0.2) is 9.55 Å². The molecule has 2 aromatic rings. The molecule has 0 bridgehead atoms. The van der Waals surface area contributed by atoms with Crippen LogP contribution in [-0.2, 0) is 6.54 Å². The van der Waals surface area contributed by atoms with E-state index in [1.807, 2.05) is 0 Å². The summed E-state index contributed by atoms with van der Waals surface area (Å²) in [5.41, 5.74) is -0.217. The van der Waals surface area contributed by atoms with Gasteiger partial charge in [-0.1, -0.05) is 38.4 Å². The number of hydrogen-bond acceptors (Lipinski definition) is 2. The first-order valence-corrected chi connectivity index (χ1v) is 6.25. The van der Waals surface area contributed by atoms with Gasteiger partial charge < -0.3 is 0 Å².